The predicted octanol–water partition coefficient (Wildman–Crippen LogP) is 1.49. The van der Waals surface area contributed by atoms with Crippen LogP contribution in [-0.2, 0) is 6.42 Å². The Hall–Kier alpha value is -0.920. The van der Waals surface area contributed by atoms with Crippen LogP contribution in [0.15, 0.2) is 24.3 Å². The molecule has 6 nitrogen and oxygen atoms in total. The van der Waals surface area contributed by atoms with E-state index in [2.05, 4.69) is 12.2 Å². The summed E-state index contributed by atoms with van der Waals surface area (Å²) in [6.07, 6.45) is 0.696. The van der Waals surface area contributed by atoms with Gasteiger partial charge in [-0.05, 0) is 31.0 Å². The highest BCUT2D eigenvalue weighted by atomic mass is 35.5. The largest absolute Gasteiger partial charge is 0.330 e. The molecule has 2 atom stereocenters. The summed E-state index contributed by atoms with van der Waals surface area (Å²) >= 11 is 0. The van der Waals surface area contributed by atoms with Gasteiger partial charge in [0.2, 0.25) is 0 Å². The van der Waals surface area contributed by atoms with Crippen LogP contribution in [0, 0.1) is 16.0 Å². The van der Waals surface area contributed by atoms with Gasteiger partial charge < -0.3 is 16.8 Å². The maximum Gasteiger partial charge on any atom is 0.269 e. The third kappa shape index (κ3) is 8.85. The molecule has 0 aliphatic heterocycles. The number of nitrogens with two attached hydrogens (primary N) is 2. The molecule has 0 spiro atoms. The number of hydrogen-bond acceptors (Lipinski definition) is 5. The van der Waals surface area contributed by atoms with Gasteiger partial charge in [0.15, 0.2) is 0 Å². The van der Waals surface area contributed by atoms with Gasteiger partial charge in [0.1, 0.15) is 0 Å². The first kappa shape index (κ1) is 22.4. The van der Waals surface area contributed by atoms with E-state index in [0.717, 1.165) is 12.1 Å². The zero-order chi connectivity index (χ0) is 14.3. The SMILES string of the molecule is CC(CN)CNCC(N)Cc1ccc([N+](=O)[O-])cc1.Cl.Cl. The van der Waals surface area contributed by atoms with Crippen molar-refractivity contribution < 1.29 is 4.92 Å². The molecule has 0 bridgehead atoms. The summed E-state index contributed by atoms with van der Waals surface area (Å²) < 4.78 is 0. The van der Waals surface area contributed by atoms with Crippen molar-refractivity contribution in [2.75, 3.05) is 19.6 Å². The lowest BCUT2D eigenvalue weighted by Crippen LogP contribution is -2.38. The fourth-order valence-electron chi connectivity index (χ4n) is 1.73. The van der Waals surface area contributed by atoms with Crippen molar-refractivity contribution in [3.63, 3.8) is 0 Å². The van der Waals surface area contributed by atoms with Crippen LogP contribution in [0.5, 0.6) is 0 Å². The number of nitrogens with one attached hydrogen (secondary N) is 1. The van der Waals surface area contributed by atoms with Gasteiger partial charge >= 0.3 is 0 Å². The highest BCUT2D eigenvalue weighted by Gasteiger charge is 2.08. The van der Waals surface area contributed by atoms with E-state index >= 15 is 0 Å². The van der Waals surface area contributed by atoms with Gasteiger partial charge in [-0.1, -0.05) is 19.1 Å². The summed E-state index contributed by atoms with van der Waals surface area (Å²) in [5, 5.41) is 13.8. The number of nitro groups is 1. The molecule has 0 fully saturated rings. The number of non-ortho nitro benzene ring substituents is 1. The maximum absolute atomic E-state index is 10.5. The molecule has 0 saturated carbocycles. The standard InChI is InChI=1S/C13H22N4O2.2ClH/c1-10(7-14)8-16-9-12(15)6-11-2-4-13(5-3-11)17(18)19;;/h2-5,10,12,16H,6-9,14-15H2,1H3;2*1H. The van der Waals surface area contributed by atoms with E-state index in [4.69, 9.17) is 11.5 Å². The van der Waals surface area contributed by atoms with Crippen LogP contribution in [0.25, 0.3) is 0 Å². The molecule has 5 N–H and O–H groups in total. The second-order valence-corrected chi connectivity index (χ2v) is 4.89. The lowest BCUT2D eigenvalue weighted by molar-refractivity contribution is -0.384. The van der Waals surface area contributed by atoms with E-state index in [1.165, 1.54) is 12.1 Å². The maximum atomic E-state index is 10.5. The summed E-state index contributed by atoms with van der Waals surface area (Å²) in [4.78, 5) is 10.1. The molecule has 0 aliphatic carbocycles. The second kappa shape index (κ2) is 11.7. The fraction of sp³-hybridized carbons (Fsp3) is 0.538. The van der Waals surface area contributed by atoms with Gasteiger partial charge in [0, 0.05) is 24.7 Å². The van der Waals surface area contributed by atoms with Crippen LogP contribution in [0.2, 0.25) is 0 Å². The number of hydrogen-bond donors (Lipinski definition) is 3. The highest BCUT2D eigenvalue weighted by molar-refractivity contribution is 5.85. The molecule has 0 aliphatic rings. The van der Waals surface area contributed by atoms with Crippen LogP contribution < -0.4 is 16.8 Å². The molecule has 0 heterocycles. The van der Waals surface area contributed by atoms with Crippen LogP contribution in [-0.4, -0.2) is 30.6 Å². The monoisotopic (exact) mass is 338 g/mol. The van der Waals surface area contributed by atoms with Gasteiger partial charge in [-0.2, -0.15) is 0 Å². The number of halogens is 2. The van der Waals surface area contributed by atoms with Gasteiger partial charge in [-0.3, -0.25) is 10.1 Å². The Balaban J connectivity index is 0. The summed E-state index contributed by atoms with van der Waals surface area (Å²) in [5.41, 5.74) is 12.6. The lowest BCUT2D eigenvalue weighted by atomic mass is 10.1. The van der Waals surface area contributed by atoms with E-state index in [1.807, 2.05) is 0 Å². The first-order valence-electron chi connectivity index (χ1n) is 6.42. The average molecular weight is 339 g/mol. The van der Waals surface area contributed by atoms with E-state index in [9.17, 15) is 10.1 Å². The highest BCUT2D eigenvalue weighted by Crippen LogP contribution is 2.12. The van der Waals surface area contributed by atoms with Crippen LogP contribution >= 0.6 is 24.8 Å². The predicted molar refractivity (Wildman–Crippen MR) is 90.4 cm³/mol. The lowest BCUT2D eigenvalue weighted by Gasteiger charge is -2.15. The molecule has 122 valence electrons. The van der Waals surface area contributed by atoms with E-state index in [0.29, 0.717) is 25.4 Å². The minimum absolute atomic E-state index is 0. The smallest absolute Gasteiger partial charge is 0.269 e. The Morgan fingerprint density at radius 3 is 2.29 bits per heavy atom. The molecular formula is C13H24Cl2N4O2. The minimum Gasteiger partial charge on any atom is -0.330 e. The Bertz CT molecular complexity index is 404. The van der Waals surface area contributed by atoms with Gasteiger partial charge in [0.25, 0.3) is 5.69 Å². The van der Waals surface area contributed by atoms with Crippen LogP contribution in [0.4, 0.5) is 5.69 Å². The summed E-state index contributed by atoms with van der Waals surface area (Å²) in [6, 6.07) is 6.50. The first-order valence-corrected chi connectivity index (χ1v) is 6.42. The third-order valence-corrected chi connectivity index (χ3v) is 2.95. The van der Waals surface area contributed by atoms with Crippen molar-refractivity contribution in [2.45, 2.75) is 19.4 Å². The zero-order valence-electron chi connectivity index (χ0n) is 12.0. The summed E-state index contributed by atoms with van der Waals surface area (Å²) in [6.45, 7) is 4.30. The van der Waals surface area contributed by atoms with Crippen molar-refractivity contribution in [1.82, 2.24) is 5.32 Å². The van der Waals surface area contributed by atoms with Crippen molar-refractivity contribution in [3.05, 3.63) is 39.9 Å². The molecule has 0 radical (unpaired) electrons. The van der Waals surface area contributed by atoms with Crippen molar-refractivity contribution in [3.8, 4) is 0 Å². The Kier molecular flexibility index (Phi) is 12.5. The first-order chi connectivity index (χ1) is 9.02. The quantitative estimate of drug-likeness (QED) is 0.491. The molecule has 1 aromatic rings. The number of benzene rings is 1. The van der Waals surface area contributed by atoms with E-state index in [-0.39, 0.29) is 36.5 Å². The van der Waals surface area contributed by atoms with Gasteiger partial charge in [0.05, 0.1) is 4.92 Å². The molecule has 0 amide bonds. The number of nitro benzene ring substituents is 1. The molecular weight excluding hydrogens is 315 g/mol. The Morgan fingerprint density at radius 2 is 1.81 bits per heavy atom. The van der Waals surface area contributed by atoms with Gasteiger partial charge in [-0.25, -0.2) is 0 Å². The Labute approximate surface area is 137 Å². The molecule has 1 rings (SSSR count). The zero-order valence-corrected chi connectivity index (χ0v) is 13.7. The average Bonchev–Trinajstić information content (AvgIpc) is 2.39. The summed E-state index contributed by atoms with van der Waals surface area (Å²) in [5.74, 6) is 0.437. The molecule has 8 heteroatoms. The Morgan fingerprint density at radius 1 is 1.24 bits per heavy atom. The number of nitrogens with zero attached hydrogens (tertiary/aromatic N) is 1. The van der Waals surface area contributed by atoms with Crippen molar-refractivity contribution in [2.24, 2.45) is 17.4 Å². The normalized spacial score (nSPS) is 12.7. The molecule has 21 heavy (non-hydrogen) atoms. The molecule has 0 saturated heterocycles. The molecule has 0 aromatic heterocycles. The second-order valence-electron chi connectivity index (χ2n) is 4.89. The topological polar surface area (TPSA) is 107 Å². The van der Waals surface area contributed by atoms with Crippen LogP contribution in [0.1, 0.15) is 12.5 Å². The van der Waals surface area contributed by atoms with E-state index in [1.54, 1.807) is 12.1 Å². The molecule has 2 unspecified atom stereocenters. The molecule has 1 aromatic carbocycles. The van der Waals surface area contributed by atoms with Crippen LogP contribution in [0.3, 0.4) is 0 Å². The summed E-state index contributed by atoms with van der Waals surface area (Å²) in [7, 11) is 0. The van der Waals surface area contributed by atoms with Gasteiger partial charge in [-0.15, -0.1) is 24.8 Å². The number of rotatable bonds is 8. The minimum atomic E-state index is -0.403. The van der Waals surface area contributed by atoms with Crippen molar-refractivity contribution in [1.29, 1.82) is 0 Å². The third-order valence-electron chi connectivity index (χ3n) is 2.95. The fourth-order valence-corrected chi connectivity index (χ4v) is 1.73. The van der Waals surface area contributed by atoms with Crippen molar-refractivity contribution >= 4 is 30.5 Å². The van der Waals surface area contributed by atoms with E-state index < -0.39 is 4.92 Å².